The Morgan fingerprint density at radius 2 is 2.20 bits per heavy atom. The van der Waals surface area contributed by atoms with Gasteiger partial charge in [0.2, 0.25) is 0 Å². The molecule has 60 valence electrons. The number of hydrogen-bond donors (Lipinski definition) is 1. The lowest BCUT2D eigenvalue weighted by Gasteiger charge is -2.25. The average Bonchev–Trinajstić information content (AvgIpc) is 2.72. The van der Waals surface area contributed by atoms with Gasteiger partial charge in [-0.3, -0.25) is 0 Å². The smallest absolute Gasteiger partial charge is 0.0775 e. The zero-order valence-corrected chi connectivity index (χ0v) is 6.89. The van der Waals surface area contributed by atoms with Crippen LogP contribution in [0.4, 0.5) is 0 Å². The van der Waals surface area contributed by atoms with Crippen molar-refractivity contribution in [2.24, 2.45) is 11.7 Å². The van der Waals surface area contributed by atoms with Gasteiger partial charge in [-0.05, 0) is 19.3 Å². The lowest BCUT2D eigenvalue weighted by atomic mass is 9.99. The van der Waals surface area contributed by atoms with Crippen LogP contribution in [0.2, 0.25) is 0 Å². The fourth-order valence-electron chi connectivity index (χ4n) is 1.18. The molecule has 0 aromatic carbocycles. The number of nitrogens with two attached hydrogens (primary N) is 1. The maximum absolute atomic E-state index is 5.57. The number of hydrogen-bond acceptors (Lipinski definition) is 2. The molecule has 1 aliphatic rings. The molecule has 1 unspecified atom stereocenters. The summed E-state index contributed by atoms with van der Waals surface area (Å²) >= 11 is 0. The van der Waals surface area contributed by atoms with Gasteiger partial charge in [0.25, 0.3) is 0 Å². The van der Waals surface area contributed by atoms with Gasteiger partial charge in [-0.1, -0.05) is 12.8 Å². The molecule has 1 aliphatic carbocycles. The topological polar surface area (TPSA) is 35.2 Å². The molecule has 0 saturated heterocycles. The zero-order chi connectivity index (χ0) is 7.61. The zero-order valence-electron chi connectivity index (χ0n) is 6.89. The highest BCUT2D eigenvalue weighted by Gasteiger charge is 2.32. The Labute approximate surface area is 62.7 Å². The fourth-order valence-corrected chi connectivity index (χ4v) is 1.18. The highest BCUT2D eigenvalue weighted by Crippen LogP contribution is 2.37. The second kappa shape index (κ2) is 2.89. The van der Waals surface area contributed by atoms with Gasteiger partial charge in [-0.15, -0.1) is 0 Å². The molecule has 0 amide bonds. The minimum Gasteiger partial charge on any atom is -0.377 e. The summed E-state index contributed by atoms with van der Waals surface area (Å²) in [7, 11) is 1.75. The van der Waals surface area contributed by atoms with E-state index in [1.165, 1.54) is 12.8 Å². The summed E-state index contributed by atoms with van der Waals surface area (Å²) < 4.78 is 5.31. The van der Waals surface area contributed by atoms with Crippen LogP contribution in [-0.4, -0.2) is 19.3 Å². The maximum atomic E-state index is 5.57. The Balaban J connectivity index is 2.29. The highest BCUT2D eigenvalue weighted by molar-refractivity contribution is 4.85. The van der Waals surface area contributed by atoms with Crippen LogP contribution in [-0.2, 0) is 4.74 Å². The summed E-state index contributed by atoms with van der Waals surface area (Å²) in [5, 5.41) is 0. The first kappa shape index (κ1) is 8.02. The van der Waals surface area contributed by atoms with Gasteiger partial charge in [0.15, 0.2) is 0 Å². The Kier molecular flexibility index (Phi) is 2.32. The quantitative estimate of drug-likeness (QED) is 0.640. The predicted octanol–water partition coefficient (Wildman–Crippen LogP) is 1.15. The molecule has 0 aliphatic heterocycles. The van der Waals surface area contributed by atoms with Gasteiger partial charge in [0.1, 0.15) is 0 Å². The first-order valence-corrected chi connectivity index (χ1v) is 3.95. The van der Waals surface area contributed by atoms with Gasteiger partial charge in [0, 0.05) is 13.7 Å². The van der Waals surface area contributed by atoms with Crippen LogP contribution < -0.4 is 5.73 Å². The van der Waals surface area contributed by atoms with E-state index in [-0.39, 0.29) is 5.60 Å². The van der Waals surface area contributed by atoms with E-state index in [1.54, 1.807) is 7.11 Å². The molecule has 0 aromatic heterocycles. The third kappa shape index (κ3) is 1.96. The largest absolute Gasteiger partial charge is 0.377 e. The van der Waals surface area contributed by atoms with Crippen molar-refractivity contribution in [2.45, 2.75) is 31.8 Å². The van der Waals surface area contributed by atoms with E-state index in [1.807, 2.05) is 0 Å². The van der Waals surface area contributed by atoms with Gasteiger partial charge in [-0.2, -0.15) is 0 Å². The van der Waals surface area contributed by atoms with Crippen LogP contribution in [0.5, 0.6) is 0 Å². The molecule has 2 nitrogen and oxygen atoms in total. The monoisotopic (exact) mass is 143 g/mol. The normalized spacial score (nSPS) is 24.3. The third-order valence-electron chi connectivity index (χ3n) is 2.34. The molecule has 2 N–H and O–H groups in total. The third-order valence-corrected chi connectivity index (χ3v) is 2.34. The van der Waals surface area contributed by atoms with E-state index >= 15 is 0 Å². The fraction of sp³-hybridized carbons (Fsp3) is 1.00. The highest BCUT2D eigenvalue weighted by atomic mass is 16.5. The number of ether oxygens (including phenoxy) is 1. The van der Waals surface area contributed by atoms with Gasteiger partial charge < -0.3 is 10.5 Å². The van der Waals surface area contributed by atoms with Crippen molar-refractivity contribution in [3.8, 4) is 0 Å². The molecule has 10 heavy (non-hydrogen) atoms. The molecule has 1 atom stereocenters. The van der Waals surface area contributed by atoms with Crippen molar-refractivity contribution in [3.05, 3.63) is 0 Å². The average molecular weight is 143 g/mol. The SMILES string of the molecule is COC(C)(CN)CC1CC1. The molecule has 1 rings (SSSR count). The standard InChI is InChI=1S/C8H17NO/c1-8(6-9,10-2)5-7-3-4-7/h7H,3-6,9H2,1-2H3. The lowest BCUT2D eigenvalue weighted by molar-refractivity contribution is 0.00228. The van der Waals surface area contributed by atoms with Crippen molar-refractivity contribution in [3.63, 3.8) is 0 Å². The van der Waals surface area contributed by atoms with Crippen LogP contribution >= 0.6 is 0 Å². The van der Waals surface area contributed by atoms with Gasteiger partial charge in [0.05, 0.1) is 5.60 Å². The van der Waals surface area contributed by atoms with E-state index in [9.17, 15) is 0 Å². The van der Waals surface area contributed by atoms with Crippen LogP contribution in [0.1, 0.15) is 26.2 Å². The Morgan fingerprint density at radius 1 is 1.60 bits per heavy atom. The number of methoxy groups -OCH3 is 1. The molecule has 1 saturated carbocycles. The second-order valence-electron chi connectivity index (χ2n) is 3.51. The first-order valence-electron chi connectivity index (χ1n) is 3.95. The Hall–Kier alpha value is -0.0800. The summed E-state index contributed by atoms with van der Waals surface area (Å²) in [6.07, 6.45) is 3.89. The minimum atomic E-state index is -0.0544. The van der Waals surface area contributed by atoms with E-state index in [0.717, 1.165) is 12.3 Å². The predicted molar refractivity (Wildman–Crippen MR) is 41.8 cm³/mol. The summed E-state index contributed by atoms with van der Waals surface area (Å²) in [5.41, 5.74) is 5.51. The van der Waals surface area contributed by atoms with E-state index in [4.69, 9.17) is 10.5 Å². The molecule has 1 fully saturated rings. The summed E-state index contributed by atoms with van der Waals surface area (Å²) in [5.74, 6) is 0.897. The van der Waals surface area contributed by atoms with Crippen LogP contribution in [0, 0.1) is 5.92 Å². The van der Waals surface area contributed by atoms with Crippen molar-refractivity contribution in [2.75, 3.05) is 13.7 Å². The summed E-state index contributed by atoms with van der Waals surface area (Å²) in [6, 6.07) is 0. The molecular formula is C8H17NO. The van der Waals surface area contributed by atoms with E-state index in [0.29, 0.717) is 6.54 Å². The number of rotatable bonds is 4. The van der Waals surface area contributed by atoms with E-state index in [2.05, 4.69) is 6.92 Å². The molecular weight excluding hydrogens is 126 g/mol. The Bertz CT molecular complexity index is 106. The van der Waals surface area contributed by atoms with Crippen LogP contribution in [0.3, 0.4) is 0 Å². The molecule has 2 heteroatoms. The molecule has 0 radical (unpaired) electrons. The van der Waals surface area contributed by atoms with Crippen molar-refractivity contribution in [1.82, 2.24) is 0 Å². The van der Waals surface area contributed by atoms with Crippen LogP contribution in [0.25, 0.3) is 0 Å². The lowest BCUT2D eigenvalue weighted by Crippen LogP contribution is -2.36. The summed E-state index contributed by atoms with van der Waals surface area (Å²) in [4.78, 5) is 0. The van der Waals surface area contributed by atoms with E-state index < -0.39 is 0 Å². The van der Waals surface area contributed by atoms with Crippen LogP contribution in [0.15, 0.2) is 0 Å². The first-order chi connectivity index (χ1) is 4.70. The molecule has 0 bridgehead atoms. The van der Waals surface area contributed by atoms with Gasteiger partial charge >= 0.3 is 0 Å². The molecule has 0 spiro atoms. The Morgan fingerprint density at radius 3 is 2.50 bits per heavy atom. The maximum Gasteiger partial charge on any atom is 0.0775 e. The molecule has 0 aromatic rings. The minimum absolute atomic E-state index is 0.0544. The van der Waals surface area contributed by atoms with Crippen molar-refractivity contribution < 1.29 is 4.74 Å². The van der Waals surface area contributed by atoms with Crippen molar-refractivity contribution in [1.29, 1.82) is 0 Å². The second-order valence-corrected chi connectivity index (χ2v) is 3.51. The van der Waals surface area contributed by atoms with Gasteiger partial charge in [-0.25, -0.2) is 0 Å². The van der Waals surface area contributed by atoms with Crippen molar-refractivity contribution >= 4 is 0 Å². The summed E-state index contributed by atoms with van der Waals surface area (Å²) in [6.45, 7) is 2.73. The molecule has 0 heterocycles.